The number of halogens is 4. The molecule has 0 aromatic carbocycles. The summed E-state index contributed by atoms with van der Waals surface area (Å²) in [4.78, 5) is 38.4. The number of nitrogen functional groups attached to an aromatic ring is 1. The van der Waals surface area contributed by atoms with E-state index in [-0.39, 0.29) is 35.3 Å². The standard InChI is InChI=1S/C21H18ClF3N6O2/c1-12-7-15(9-29-18(12)26)30-19(32)20(33)31(11-17-16(22)3-2-6-27-17)10-14-5-4-13(8-28-14)21(23,24)25/h2-9H,10-11H2,1H3,(H2,26,29)(H,30,32). The molecule has 0 aliphatic heterocycles. The summed E-state index contributed by atoms with van der Waals surface area (Å²) in [5.74, 6) is -1.67. The lowest BCUT2D eigenvalue weighted by Crippen LogP contribution is -2.39. The molecule has 3 N–H and O–H groups in total. The largest absolute Gasteiger partial charge is 0.417 e. The molecule has 12 heteroatoms. The van der Waals surface area contributed by atoms with Crippen LogP contribution in [0, 0.1) is 6.92 Å². The predicted molar refractivity (Wildman–Crippen MR) is 115 cm³/mol. The summed E-state index contributed by atoms with van der Waals surface area (Å²) in [6.07, 6.45) is -1.13. The third kappa shape index (κ3) is 6.16. The Morgan fingerprint density at radius 3 is 2.48 bits per heavy atom. The first-order valence-corrected chi connectivity index (χ1v) is 9.86. The monoisotopic (exact) mass is 478 g/mol. The molecule has 0 saturated heterocycles. The minimum atomic E-state index is -4.55. The molecule has 0 saturated carbocycles. The topological polar surface area (TPSA) is 114 Å². The Labute approximate surface area is 191 Å². The van der Waals surface area contributed by atoms with Crippen LogP contribution in [0.25, 0.3) is 0 Å². The van der Waals surface area contributed by atoms with Gasteiger partial charge in [-0.1, -0.05) is 11.6 Å². The van der Waals surface area contributed by atoms with Crippen LogP contribution < -0.4 is 11.1 Å². The van der Waals surface area contributed by atoms with Crippen LogP contribution in [-0.2, 0) is 28.9 Å². The Hall–Kier alpha value is -3.73. The van der Waals surface area contributed by atoms with Crippen molar-refractivity contribution in [3.05, 3.63) is 76.5 Å². The third-order valence-electron chi connectivity index (χ3n) is 4.54. The first-order chi connectivity index (χ1) is 15.5. The smallest absolute Gasteiger partial charge is 0.383 e. The van der Waals surface area contributed by atoms with Gasteiger partial charge in [-0.25, -0.2) is 4.98 Å². The normalized spacial score (nSPS) is 11.2. The summed E-state index contributed by atoms with van der Waals surface area (Å²) in [7, 11) is 0. The van der Waals surface area contributed by atoms with E-state index >= 15 is 0 Å². The van der Waals surface area contributed by atoms with Gasteiger partial charge in [0.05, 0.1) is 46.9 Å². The summed E-state index contributed by atoms with van der Waals surface area (Å²) in [5.41, 5.74) is 6.02. The van der Waals surface area contributed by atoms with Crippen molar-refractivity contribution in [3.63, 3.8) is 0 Å². The lowest BCUT2D eigenvalue weighted by molar-refractivity contribution is -0.144. The van der Waals surface area contributed by atoms with Crippen molar-refractivity contribution < 1.29 is 22.8 Å². The van der Waals surface area contributed by atoms with Crippen molar-refractivity contribution in [1.82, 2.24) is 19.9 Å². The molecule has 0 unspecified atom stereocenters. The maximum atomic E-state index is 12.9. The number of aromatic nitrogens is 3. The van der Waals surface area contributed by atoms with E-state index in [1.165, 1.54) is 12.4 Å². The Balaban J connectivity index is 1.84. The molecular formula is C21H18ClF3N6O2. The van der Waals surface area contributed by atoms with Gasteiger partial charge < -0.3 is 16.0 Å². The molecule has 172 valence electrons. The van der Waals surface area contributed by atoms with Gasteiger partial charge in [-0.05, 0) is 42.8 Å². The van der Waals surface area contributed by atoms with Gasteiger partial charge in [0.2, 0.25) is 0 Å². The van der Waals surface area contributed by atoms with Gasteiger partial charge in [0, 0.05) is 12.4 Å². The summed E-state index contributed by atoms with van der Waals surface area (Å²) in [6, 6.07) is 6.69. The number of carbonyl (C=O) groups is 2. The minimum Gasteiger partial charge on any atom is -0.383 e. The molecule has 0 aliphatic rings. The number of anilines is 2. The van der Waals surface area contributed by atoms with Gasteiger partial charge in [0.15, 0.2) is 0 Å². The third-order valence-corrected chi connectivity index (χ3v) is 4.88. The highest BCUT2D eigenvalue weighted by Gasteiger charge is 2.31. The van der Waals surface area contributed by atoms with Crippen LogP contribution in [0.5, 0.6) is 0 Å². The highest BCUT2D eigenvalue weighted by Crippen LogP contribution is 2.28. The molecule has 2 amide bonds. The van der Waals surface area contributed by atoms with Gasteiger partial charge in [-0.2, -0.15) is 13.2 Å². The molecule has 0 aliphatic carbocycles. The fraction of sp³-hybridized carbons (Fsp3) is 0.190. The summed E-state index contributed by atoms with van der Waals surface area (Å²) in [5, 5.41) is 2.69. The molecule has 33 heavy (non-hydrogen) atoms. The van der Waals surface area contributed by atoms with Crippen molar-refractivity contribution in [2.24, 2.45) is 0 Å². The van der Waals surface area contributed by atoms with Crippen LogP contribution in [0.15, 0.2) is 48.9 Å². The van der Waals surface area contributed by atoms with Gasteiger partial charge in [0.25, 0.3) is 0 Å². The maximum absolute atomic E-state index is 12.9. The number of amides is 2. The lowest BCUT2D eigenvalue weighted by atomic mass is 10.2. The second-order valence-electron chi connectivity index (χ2n) is 7.01. The fourth-order valence-corrected chi connectivity index (χ4v) is 2.96. The maximum Gasteiger partial charge on any atom is 0.417 e. The molecule has 0 spiro atoms. The van der Waals surface area contributed by atoms with Crippen LogP contribution >= 0.6 is 11.6 Å². The summed E-state index contributed by atoms with van der Waals surface area (Å²) < 4.78 is 38.4. The van der Waals surface area contributed by atoms with Crippen LogP contribution in [0.1, 0.15) is 22.5 Å². The number of nitrogens with zero attached hydrogens (tertiary/aromatic N) is 4. The van der Waals surface area contributed by atoms with Crippen molar-refractivity contribution in [2.75, 3.05) is 11.1 Å². The van der Waals surface area contributed by atoms with Crippen molar-refractivity contribution in [3.8, 4) is 0 Å². The molecule has 8 nitrogen and oxygen atoms in total. The number of nitrogens with one attached hydrogen (secondary N) is 1. The van der Waals surface area contributed by atoms with Crippen LogP contribution in [0.3, 0.4) is 0 Å². The van der Waals surface area contributed by atoms with E-state index in [9.17, 15) is 22.8 Å². The number of hydrogen-bond donors (Lipinski definition) is 2. The Bertz CT molecular complexity index is 1170. The Kier molecular flexibility index (Phi) is 7.12. The number of alkyl halides is 3. The van der Waals surface area contributed by atoms with E-state index in [0.29, 0.717) is 17.5 Å². The average molecular weight is 479 g/mol. The highest BCUT2D eigenvalue weighted by atomic mass is 35.5. The number of carbonyl (C=O) groups excluding carboxylic acids is 2. The van der Waals surface area contributed by atoms with E-state index in [1.54, 1.807) is 25.1 Å². The Morgan fingerprint density at radius 1 is 1.12 bits per heavy atom. The molecule has 0 fully saturated rings. The first kappa shape index (κ1) is 23.9. The Morgan fingerprint density at radius 2 is 1.88 bits per heavy atom. The van der Waals surface area contributed by atoms with Gasteiger partial charge >= 0.3 is 18.0 Å². The van der Waals surface area contributed by atoms with Crippen LogP contribution in [0.2, 0.25) is 5.02 Å². The molecule has 3 aromatic heterocycles. The predicted octanol–water partition coefficient (Wildman–Crippen LogP) is 3.60. The van der Waals surface area contributed by atoms with E-state index in [2.05, 4.69) is 20.3 Å². The minimum absolute atomic E-state index is 0.140. The van der Waals surface area contributed by atoms with Crippen LogP contribution in [0.4, 0.5) is 24.7 Å². The number of rotatable bonds is 5. The summed E-state index contributed by atoms with van der Waals surface area (Å²) in [6.45, 7) is 1.26. The van der Waals surface area contributed by atoms with E-state index in [4.69, 9.17) is 17.3 Å². The number of nitrogens with two attached hydrogens (primary N) is 1. The van der Waals surface area contributed by atoms with Gasteiger partial charge in [-0.3, -0.25) is 19.6 Å². The zero-order chi connectivity index (χ0) is 24.2. The van der Waals surface area contributed by atoms with Gasteiger partial charge in [-0.15, -0.1) is 0 Å². The second kappa shape index (κ2) is 9.82. The first-order valence-electron chi connectivity index (χ1n) is 9.48. The van der Waals surface area contributed by atoms with E-state index < -0.39 is 23.6 Å². The zero-order valence-corrected chi connectivity index (χ0v) is 18.0. The number of pyridine rings is 3. The second-order valence-corrected chi connectivity index (χ2v) is 7.42. The molecule has 0 atom stereocenters. The lowest BCUT2D eigenvalue weighted by Gasteiger charge is -2.22. The average Bonchev–Trinajstić information content (AvgIpc) is 2.76. The molecule has 3 aromatic rings. The quantitative estimate of drug-likeness (QED) is 0.541. The van der Waals surface area contributed by atoms with Gasteiger partial charge in [0.1, 0.15) is 5.82 Å². The SMILES string of the molecule is Cc1cc(NC(=O)C(=O)N(Cc2ccc(C(F)(F)F)cn2)Cc2ncccc2Cl)cnc1N. The molecule has 0 radical (unpaired) electrons. The van der Waals surface area contributed by atoms with Crippen molar-refractivity contribution in [2.45, 2.75) is 26.2 Å². The molecular weight excluding hydrogens is 461 g/mol. The summed E-state index contributed by atoms with van der Waals surface area (Å²) >= 11 is 6.13. The fourth-order valence-electron chi connectivity index (χ4n) is 2.78. The molecule has 3 heterocycles. The number of aryl methyl sites for hydroxylation is 1. The van der Waals surface area contributed by atoms with E-state index in [1.807, 2.05) is 0 Å². The van der Waals surface area contributed by atoms with Crippen molar-refractivity contribution in [1.29, 1.82) is 0 Å². The molecule has 0 bridgehead atoms. The highest BCUT2D eigenvalue weighted by molar-refractivity contribution is 6.39. The van der Waals surface area contributed by atoms with Crippen LogP contribution in [-0.4, -0.2) is 31.7 Å². The number of hydrogen-bond acceptors (Lipinski definition) is 6. The van der Waals surface area contributed by atoms with E-state index in [0.717, 1.165) is 17.0 Å². The molecule has 3 rings (SSSR count). The van der Waals surface area contributed by atoms with Crippen molar-refractivity contribution >= 4 is 34.9 Å². The zero-order valence-electron chi connectivity index (χ0n) is 17.2.